The van der Waals surface area contributed by atoms with Crippen LogP contribution in [-0.4, -0.2) is 34.0 Å². The summed E-state index contributed by atoms with van der Waals surface area (Å²) >= 11 is 0. The highest BCUT2D eigenvalue weighted by Gasteiger charge is 2.19. The minimum Gasteiger partial charge on any atom is -0.495 e. The lowest BCUT2D eigenvalue weighted by Crippen LogP contribution is -2.16. The van der Waals surface area contributed by atoms with Crippen molar-refractivity contribution in [2.75, 3.05) is 25.2 Å². The van der Waals surface area contributed by atoms with Crippen molar-refractivity contribution < 1.29 is 17.9 Å². The number of nitrogen functional groups attached to an aromatic ring is 1. The highest BCUT2D eigenvalue weighted by molar-refractivity contribution is 7.91. The number of anilines is 1. The molecule has 0 amide bonds. The Morgan fingerprint density at radius 3 is 2.56 bits per heavy atom. The number of sulfone groups is 1. The van der Waals surface area contributed by atoms with Crippen molar-refractivity contribution in [3.63, 3.8) is 0 Å². The second-order valence-corrected chi connectivity index (χ2v) is 6.23. The van der Waals surface area contributed by atoms with Gasteiger partial charge in [0.25, 0.3) is 0 Å². The number of methoxy groups -OCH3 is 1. The van der Waals surface area contributed by atoms with Gasteiger partial charge in [-0.25, -0.2) is 8.42 Å². The molecule has 0 aliphatic carbocycles. The second-order valence-electron chi connectivity index (χ2n) is 4.15. The molecule has 5 nitrogen and oxygen atoms in total. The zero-order chi connectivity index (χ0) is 13.8. The van der Waals surface area contributed by atoms with Gasteiger partial charge in [-0.15, -0.1) is 0 Å². The average Bonchev–Trinajstić information content (AvgIpc) is 2.27. The summed E-state index contributed by atoms with van der Waals surface area (Å²) in [4.78, 5) is 0.145. The molecule has 1 rings (SSSR count). The summed E-state index contributed by atoms with van der Waals surface area (Å²) < 4.78 is 34.5. The van der Waals surface area contributed by atoms with Gasteiger partial charge in [0.1, 0.15) is 10.6 Å². The highest BCUT2D eigenvalue weighted by Crippen LogP contribution is 2.26. The first-order valence-corrected chi connectivity index (χ1v) is 7.30. The fraction of sp³-hybridized carbons (Fsp3) is 0.500. The maximum atomic E-state index is 12.1. The molecule has 1 aromatic carbocycles. The van der Waals surface area contributed by atoms with E-state index in [2.05, 4.69) is 0 Å². The van der Waals surface area contributed by atoms with Crippen LogP contribution >= 0.6 is 0 Å². The summed E-state index contributed by atoms with van der Waals surface area (Å²) in [5.74, 6) is 0.186. The van der Waals surface area contributed by atoms with E-state index in [4.69, 9.17) is 15.2 Å². The fourth-order valence-corrected chi connectivity index (χ4v) is 2.70. The summed E-state index contributed by atoms with van der Waals surface area (Å²) in [7, 11) is -2.01. The van der Waals surface area contributed by atoms with E-state index in [1.54, 1.807) is 6.07 Å². The summed E-state index contributed by atoms with van der Waals surface area (Å²) in [5, 5.41) is 0. The number of nitrogens with two attached hydrogens (primary N) is 1. The molecule has 0 spiro atoms. The molecule has 0 saturated carbocycles. The van der Waals surface area contributed by atoms with Crippen LogP contribution in [0.2, 0.25) is 0 Å². The van der Waals surface area contributed by atoms with E-state index < -0.39 is 9.84 Å². The molecule has 0 radical (unpaired) electrons. The number of rotatable bonds is 6. The minimum atomic E-state index is -3.42. The van der Waals surface area contributed by atoms with E-state index in [1.165, 1.54) is 19.2 Å². The third kappa shape index (κ3) is 3.89. The minimum absolute atomic E-state index is 0.00788. The molecule has 18 heavy (non-hydrogen) atoms. The van der Waals surface area contributed by atoms with Crippen LogP contribution in [0, 0.1) is 0 Å². The molecule has 2 N–H and O–H groups in total. The quantitative estimate of drug-likeness (QED) is 0.794. The van der Waals surface area contributed by atoms with Crippen LogP contribution in [0.3, 0.4) is 0 Å². The molecule has 1 aromatic rings. The Kier molecular flexibility index (Phi) is 4.98. The first-order chi connectivity index (χ1) is 8.36. The van der Waals surface area contributed by atoms with Gasteiger partial charge in [-0.2, -0.15) is 0 Å². The molecule has 0 aliphatic heterocycles. The van der Waals surface area contributed by atoms with Gasteiger partial charge in [0.2, 0.25) is 0 Å². The lowest BCUT2D eigenvalue weighted by molar-refractivity contribution is 0.0912. The Morgan fingerprint density at radius 2 is 2.00 bits per heavy atom. The number of benzene rings is 1. The molecule has 0 aliphatic rings. The van der Waals surface area contributed by atoms with Crippen LogP contribution in [0.5, 0.6) is 5.75 Å². The van der Waals surface area contributed by atoms with Gasteiger partial charge < -0.3 is 15.2 Å². The van der Waals surface area contributed by atoms with Crippen molar-refractivity contribution >= 4 is 15.5 Å². The Morgan fingerprint density at radius 1 is 1.33 bits per heavy atom. The van der Waals surface area contributed by atoms with Gasteiger partial charge in [-0.1, -0.05) is 0 Å². The van der Waals surface area contributed by atoms with Crippen molar-refractivity contribution in [1.82, 2.24) is 0 Å². The molecule has 0 atom stereocenters. The predicted molar refractivity (Wildman–Crippen MR) is 70.5 cm³/mol. The fourth-order valence-electron chi connectivity index (χ4n) is 1.44. The monoisotopic (exact) mass is 273 g/mol. The first kappa shape index (κ1) is 14.8. The maximum Gasteiger partial charge on any atom is 0.184 e. The van der Waals surface area contributed by atoms with Crippen LogP contribution in [-0.2, 0) is 14.6 Å². The van der Waals surface area contributed by atoms with Crippen molar-refractivity contribution in [1.29, 1.82) is 0 Å². The number of hydrogen-bond donors (Lipinski definition) is 1. The topological polar surface area (TPSA) is 78.6 Å². The SMILES string of the molecule is COc1cc(N)ccc1S(=O)(=O)CCOC(C)C. The third-order valence-electron chi connectivity index (χ3n) is 2.33. The van der Waals surface area contributed by atoms with Crippen LogP contribution < -0.4 is 10.5 Å². The zero-order valence-corrected chi connectivity index (χ0v) is 11.7. The molecule has 0 saturated heterocycles. The van der Waals surface area contributed by atoms with E-state index in [1.807, 2.05) is 13.8 Å². The molecule has 0 bridgehead atoms. The van der Waals surface area contributed by atoms with Gasteiger partial charge in [0.05, 0.1) is 25.6 Å². The summed E-state index contributed by atoms with van der Waals surface area (Å²) in [5.41, 5.74) is 6.05. The van der Waals surface area contributed by atoms with Gasteiger partial charge >= 0.3 is 0 Å². The Hall–Kier alpha value is -1.27. The number of hydrogen-bond acceptors (Lipinski definition) is 5. The molecule has 102 valence electrons. The predicted octanol–water partition coefficient (Wildman–Crippen LogP) is 1.48. The van der Waals surface area contributed by atoms with E-state index in [-0.39, 0.29) is 29.1 Å². The zero-order valence-electron chi connectivity index (χ0n) is 10.8. The van der Waals surface area contributed by atoms with Gasteiger partial charge in [-0.05, 0) is 26.0 Å². The Bertz CT molecular complexity index is 497. The smallest absolute Gasteiger partial charge is 0.184 e. The van der Waals surface area contributed by atoms with E-state index >= 15 is 0 Å². The molecule has 6 heteroatoms. The molecular formula is C12H19NO4S. The summed E-state index contributed by atoms with van der Waals surface area (Å²) in [6, 6.07) is 4.49. The molecule has 0 fully saturated rings. The highest BCUT2D eigenvalue weighted by atomic mass is 32.2. The van der Waals surface area contributed by atoms with Crippen molar-refractivity contribution in [2.45, 2.75) is 24.8 Å². The largest absolute Gasteiger partial charge is 0.495 e. The molecule has 0 unspecified atom stereocenters. The standard InChI is InChI=1S/C12H19NO4S/c1-9(2)17-6-7-18(14,15)12-5-4-10(13)8-11(12)16-3/h4-5,8-9H,6-7,13H2,1-3H3. The maximum absolute atomic E-state index is 12.1. The Balaban J connectivity index is 2.91. The Labute approximate surface area is 108 Å². The lowest BCUT2D eigenvalue weighted by Gasteiger charge is -2.11. The van der Waals surface area contributed by atoms with E-state index in [0.717, 1.165) is 0 Å². The van der Waals surface area contributed by atoms with Crippen molar-refractivity contribution in [2.24, 2.45) is 0 Å². The van der Waals surface area contributed by atoms with Crippen LogP contribution in [0.15, 0.2) is 23.1 Å². The van der Waals surface area contributed by atoms with E-state index in [9.17, 15) is 8.42 Å². The van der Waals surface area contributed by atoms with Gasteiger partial charge in [0.15, 0.2) is 9.84 Å². The van der Waals surface area contributed by atoms with E-state index in [0.29, 0.717) is 5.69 Å². The average molecular weight is 273 g/mol. The van der Waals surface area contributed by atoms with Crippen LogP contribution in [0.1, 0.15) is 13.8 Å². The summed E-state index contributed by atoms with van der Waals surface area (Å²) in [6.07, 6.45) is 0.00788. The van der Waals surface area contributed by atoms with Crippen LogP contribution in [0.25, 0.3) is 0 Å². The third-order valence-corrected chi connectivity index (χ3v) is 4.04. The first-order valence-electron chi connectivity index (χ1n) is 5.64. The van der Waals surface area contributed by atoms with Crippen molar-refractivity contribution in [3.8, 4) is 5.75 Å². The summed E-state index contributed by atoms with van der Waals surface area (Å²) in [6.45, 7) is 3.88. The van der Waals surface area contributed by atoms with Gasteiger partial charge in [0, 0.05) is 11.8 Å². The normalized spacial score (nSPS) is 11.8. The van der Waals surface area contributed by atoms with Crippen LogP contribution in [0.4, 0.5) is 5.69 Å². The second kappa shape index (κ2) is 6.06. The lowest BCUT2D eigenvalue weighted by atomic mass is 10.3. The molecular weight excluding hydrogens is 254 g/mol. The van der Waals surface area contributed by atoms with Crippen molar-refractivity contribution in [3.05, 3.63) is 18.2 Å². The van der Waals surface area contributed by atoms with Gasteiger partial charge in [-0.3, -0.25) is 0 Å². The molecule has 0 heterocycles. The molecule has 0 aromatic heterocycles. The number of ether oxygens (including phenoxy) is 2.